The van der Waals surface area contributed by atoms with Gasteiger partial charge in [0, 0.05) is 13.1 Å². The minimum absolute atomic E-state index is 0.0432. The first kappa shape index (κ1) is 16.9. The van der Waals surface area contributed by atoms with E-state index in [4.69, 9.17) is 4.42 Å². The second-order valence-corrected chi connectivity index (χ2v) is 5.98. The van der Waals surface area contributed by atoms with E-state index in [2.05, 4.69) is 0 Å². The highest BCUT2D eigenvalue weighted by atomic mass is 16.3. The highest BCUT2D eigenvalue weighted by molar-refractivity contribution is 5.93. The third kappa shape index (κ3) is 3.32. The van der Waals surface area contributed by atoms with Crippen LogP contribution in [0.15, 0.2) is 69.9 Å². The normalized spacial score (nSPS) is 13.4. The van der Waals surface area contributed by atoms with Crippen molar-refractivity contribution >= 4 is 16.9 Å². The van der Waals surface area contributed by atoms with Gasteiger partial charge in [-0.05, 0) is 24.6 Å². The number of aliphatic hydroxyl groups is 1. The summed E-state index contributed by atoms with van der Waals surface area (Å²) in [5, 5.41) is 10.9. The fourth-order valence-corrected chi connectivity index (χ4v) is 2.71. The number of hydrogen-bond acceptors (Lipinski definition) is 4. The third-order valence-corrected chi connectivity index (χ3v) is 4.37. The summed E-state index contributed by atoms with van der Waals surface area (Å²) in [4.78, 5) is 26.3. The maximum atomic E-state index is 12.7. The van der Waals surface area contributed by atoms with E-state index in [0.29, 0.717) is 11.0 Å². The smallest absolute Gasteiger partial charge is 0.289 e. The van der Waals surface area contributed by atoms with Gasteiger partial charge in [0.1, 0.15) is 5.58 Å². The molecule has 3 aromatic rings. The van der Waals surface area contributed by atoms with Crippen LogP contribution in [0.4, 0.5) is 0 Å². The van der Waals surface area contributed by atoms with Crippen molar-refractivity contribution in [3.63, 3.8) is 0 Å². The number of fused-ring (bicyclic) bond motifs is 1. The van der Waals surface area contributed by atoms with Crippen molar-refractivity contribution in [2.75, 3.05) is 7.05 Å². The Labute approximate surface area is 145 Å². The van der Waals surface area contributed by atoms with Gasteiger partial charge in [0.2, 0.25) is 0 Å². The number of amides is 1. The van der Waals surface area contributed by atoms with Crippen LogP contribution < -0.4 is 5.43 Å². The van der Waals surface area contributed by atoms with E-state index < -0.39 is 18.1 Å². The fraction of sp³-hybridized carbons (Fsp3) is 0.200. The van der Waals surface area contributed by atoms with Crippen molar-refractivity contribution in [3.8, 4) is 0 Å². The molecule has 0 aliphatic rings. The number of benzene rings is 2. The zero-order valence-corrected chi connectivity index (χ0v) is 14.0. The molecule has 0 bridgehead atoms. The molecule has 0 fully saturated rings. The largest absolute Gasteiger partial charge is 0.451 e. The lowest BCUT2D eigenvalue weighted by Crippen LogP contribution is -2.39. The van der Waals surface area contributed by atoms with Crippen molar-refractivity contribution in [2.45, 2.75) is 19.1 Å². The molecule has 1 N–H and O–H groups in total. The van der Waals surface area contributed by atoms with Gasteiger partial charge in [-0.25, -0.2) is 0 Å². The molecule has 128 valence electrons. The number of hydrogen-bond donors (Lipinski definition) is 1. The third-order valence-electron chi connectivity index (χ3n) is 4.37. The predicted octanol–water partition coefficient (Wildman–Crippen LogP) is 2.99. The molecule has 2 aromatic carbocycles. The molecule has 0 aliphatic heterocycles. The van der Waals surface area contributed by atoms with Crippen molar-refractivity contribution in [2.24, 2.45) is 0 Å². The molecule has 1 amide bonds. The van der Waals surface area contributed by atoms with Crippen LogP contribution in [0.1, 0.15) is 29.1 Å². The van der Waals surface area contributed by atoms with Crippen LogP contribution in [0, 0.1) is 0 Å². The molecule has 0 radical (unpaired) electrons. The van der Waals surface area contributed by atoms with E-state index in [-0.39, 0.29) is 11.2 Å². The Morgan fingerprint density at radius 3 is 2.44 bits per heavy atom. The molecule has 0 saturated heterocycles. The Balaban J connectivity index is 1.88. The molecular formula is C20H19NO4. The first-order valence-corrected chi connectivity index (χ1v) is 8.02. The zero-order chi connectivity index (χ0) is 18.0. The molecule has 3 rings (SSSR count). The lowest BCUT2D eigenvalue weighted by molar-refractivity contribution is 0.0462. The van der Waals surface area contributed by atoms with Gasteiger partial charge >= 0.3 is 0 Å². The lowest BCUT2D eigenvalue weighted by Gasteiger charge is -2.28. The van der Waals surface area contributed by atoms with Gasteiger partial charge in [-0.2, -0.15) is 0 Å². The van der Waals surface area contributed by atoms with E-state index >= 15 is 0 Å². The number of aliphatic hydroxyl groups excluding tert-OH is 1. The van der Waals surface area contributed by atoms with Gasteiger partial charge < -0.3 is 14.4 Å². The molecule has 1 heterocycles. The molecule has 0 aliphatic carbocycles. The zero-order valence-electron chi connectivity index (χ0n) is 14.0. The van der Waals surface area contributed by atoms with Crippen molar-refractivity contribution in [3.05, 3.63) is 82.2 Å². The first-order chi connectivity index (χ1) is 12.0. The number of carbonyl (C=O) groups is 1. The molecule has 5 heteroatoms. The highest BCUT2D eigenvalue weighted by Gasteiger charge is 2.26. The lowest BCUT2D eigenvalue weighted by atomic mass is 10.0. The van der Waals surface area contributed by atoms with Gasteiger partial charge in [0.15, 0.2) is 11.2 Å². The van der Waals surface area contributed by atoms with Crippen molar-refractivity contribution in [1.82, 2.24) is 4.90 Å². The van der Waals surface area contributed by atoms with Crippen LogP contribution in [0.5, 0.6) is 0 Å². The molecule has 1 aromatic heterocycles. The Morgan fingerprint density at radius 2 is 1.72 bits per heavy atom. The number of likely N-dealkylation sites (N-methyl/N-ethyl adjacent to an activating group) is 1. The summed E-state index contributed by atoms with van der Waals surface area (Å²) < 4.78 is 5.59. The average Bonchev–Trinajstić information content (AvgIpc) is 2.66. The molecule has 0 saturated carbocycles. The van der Waals surface area contributed by atoms with Crippen LogP contribution >= 0.6 is 0 Å². The molecule has 2 atom stereocenters. The van der Waals surface area contributed by atoms with Crippen LogP contribution in [0.25, 0.3) is 11.0 Å². The molecule has 0 unspecified atom stereocenters. The van der Waals surface area contributed by atoms with Crippen LogP contribution in [0.2, 0.25) is 0 Å². The summed E-state index contributed by atoms with van der Waals surface area (Å²) in [6, 6.07) is 16.6. The number of nitrogens with zero attached hydrogens (tertiary/aromatic N) is 1. The molecular weight excluding hydrogens is 318 g/mol. The highest BCUT2D eigenvalue weighted by Crippen LogP contribution is 2.21. The quantitative estimate of drug-likeness (QED) is 0.794. The molecule has 0 spiro atoms. The van der Waals surface area contributed by atoms with Gasteiger partial charge in [-0.3, -0.25) is 9.59 Å². The topological polar surface area (TPSA) is 70.8 Å². The van der Waals surface area contributed by atoms with Crippen molar-refractivity contribution < 1.29 is 14.3 Å². The SMILES string of the molecule is C[C@@H]([C@@H](O)c1ccccc1)N(C)C(=O)c1cc(=O)c2ccccc2o1. The average molecular weight is 337 g/mol. The van der Waals surface area contributed by atoms with Crippen LogP contribution in [-0.4, -0.2) is 29.0 Å². The fourth-order valence-electron chi connectivity index (χ4n) is 2.71. The van der Waals surface area contributed by atoms with E-state index in [9.17, 15) is 14.7 Å². The maximum absolute atomic E-state index is 12.7. The number of carbonyl (C=O) groups excluding carboxylic acids is 1. The monoisotopic (exact) mass is 337 g/mol. The summed E-state index contributed by atoms with van der Waals surface area (Å²) in [6.45, 7) is 1.74. The summed E-state index contributed by atoms with van der Waals surface area (Å²) in [5.74, 6) is -0.497. The molecule has 25 heavy (non-hydrogen) atoms. The van der Waals surface area contributed by atoms with Gasteiger partial charge in [0.25, 0.3) is 5.91 Å². The van der Waals surface area contributed by atoms with E-state index in [1.165, 1.54) is 11.0 Å². The second kappa shape index (κ2) is 6.91. The minimum Gasteiger partial charge on any atom is -0.451 e. The number of rotatable bonds is 4. The minimum atomic E-state index is -0.845. The Bertz CT molecular complexity index is 949. The number of para-hydroxylation sites is 1. The van der Waals surface area contributed by atoms with E-state index in [0.717, 1.165) is 5.56 Å². The van der Waals surface area contributed by atoms with Crippen molar-refractivity contribution in [1.29, 1.82) is 0 Å². The first-order valence-electron chi connectivity index (χ1n) is 8.02. The van der Waals surface area contributed by atoms with Crippen LogP contribution in [-0.2, 0) is 0 Å². The maximum Gasteiger partial charge on any atom is 0.289 e. The van der Waals surface area contributed by atoms with Gasteiger partial charge in [-0.15, -0.1) is 0 Å². The molecule has 5 nitrogen and oxygen atoms in total. The second-order valence-electron chi connectivity index (χ2n) is 5.98. The summed E-state index contributed by atoms with van der Waals surface area (Å²) in [6.07, 6.45) is -0.845. The Morgan fingerprint density at radius 1 is 1.08 bits per heavy atom. The Kier molecular flexibility index (Phi) is 4.67. The van der Waals surface area contributed by atoms with E-state index in [1.807, 2.05) is 18.2 Å². The van der Waals surface area contributed by atoms with Gasteiger partial charge in [-0.1, -0.05) is 42.5 Å². The Hall–Kier alpha value is -2.92. The summed E-state index contributed by atoms with van der Waals surface area (Å²) in [5.41, 5.74) is 0.812. The van der Waals surface area contributed by atoms with Gasteiger partial charge in [0.05, 0.1) is 17.5 Å². The standard InChI is InChI=1S/C20H19NO4/c1-13(19(23)14-8-4-3-5-9-14)21(2)20(24)18-12-16(22)15-10-6-7-11-17(15)25-18/h3-13,19,23H,1-2H3/t13-,19+/m0/s1. The summed E-state index contributed by atoms with van der Waals surface area (Å²) in [7, 11) is 1.58. The predicted molar refractivity (Wildman–Crippen MR) is 95.4 cm³/mol. The summed E-state index contributed by atoms with van der Waals surface area (Å²) >= 11 is 0. The van der Waals surface area contributed by atoms with E-state index in [1.54, 1.807) is 50.4 Å². The van der Waals surface area contributed by atoms with Crippen LogP contribution in [0.3, 0.4) is 0 Å².